The molecule has 0 radical (unpaired) electrons. The Balaban J connectivity index is 2.58. The van der Waals surface area contributed by atoms with Crippen molar-refractivity contribution in [3.05, 3.63) is 17.0 Å². The molecule has 1 rings (SSSR count). The summed E-state index contributed by atoms with van der Waals surface area (Å²) in [5, 5.41) is 0.656. The zero-order chi connectivity index (χ0) is 10.6. The van der Waals surface area contributed by atoms with Gasteiger partial charge in [-0.3, -0.25) is 0 Å². The molecule has 1 aromatic heterocycles. The smallest absolute Gasteiger partial charge is 0.0604 e. The summed E-state index contributed by atoms with van der Waals surface area (Å²) in [4.78, 5) is 1.33. The molecular formula is C11H19NS2. The van der Waals surface area contributed by atoms with Crippen molar-refractivity contribution >= 4 is 23.1 Å². The number of thiophene rings is 1. The normalized spacial score (nSPS) is 13.5. The maximum atomic E-state index is 6.05. The van der Waals surface area contributed by atoms with E-state index in [0.29, 0.717) is 5.25 Å². The van der Waals surface area contributed by atoms with Gasteiger partial charge < -0.3 is 5.73 Å². The number of rotatable bonds is 5. The standard InChI is InChI=1S/C11H19NS2/c1-4-5-9(12)10-6-7-11(14-10)13-8(2)3/h6-9H,4-5,12H2,1-3H3. The lowest BCUT2D eigenvalue weighted by molar-refractivity contribution is 0.648. The maximum absolute atomic E-state index is 6.05. The fourth-order valence-electron chi connectivity index (χ4n) is 1.28. The van der Waals surface area contributed by atoms with Gasteiger partial charge in [0.2, 0.25) is 0 Å². The van der Waals surface area contributed by atoms with Crippen LogP contribution in [0, 0.1) is 0 Å². The highest BCUT2D eigenvalue weighted by Crippen LogP contribution is 2.33. The number of hydrogen-bond acceptors (Lipinski definition) is 3. The van der Waals surface area contributed by atoms with Gasteiger partial charge in [-0.1, -0.05) is 27.2 Å². The molecule has 0 amide bonds. The zero-order valence-corrected chi connectivity index (χ0v) is 10.8. The lowest BCUT2D eigenvalue weighted by Crippen LogP contribution is -2.07. The molecule has 0 spiro atoms. The molecule has 0 aliphatic rings. The van der Waals surface area contributed by atoms with Gasteiger partial charge in [0.25, 0.3) is 0 Å². The molecule has 0 aliphatic heterocycles. The third-order valence-corrected chi connectivity index (χ3v) is 4.31. The van der Waals surface area contributed by atoms with Crippen LogP contribution in [0.4, 0.5) is 0 Å². The second-order valence-corrected chi connectivity index (χ2v) is 6.71. The predicted molar refractivity (Wildman–Crippen MR) is 67.1 cm³/mol. The summed E-state index contributed by atoms with van der Waals surface area (Å²) in [7, 11) is 0. The minimum absolute atomic E-state index is 0.242. The minimum atomic E-state index is 0.242. The van der Waals surface area contributed by atoms with Gasteiger partial charge in [0, 0.05) is 16.2 Å². The van der Waals surface area contributed by atoms with E-state index in [0.717, 1.165) is 12.8 Å². The third-order valence-electron chi connectivity index (χ3n) is 1.92. The molecule has 2 N–H and O–H groups in total. The number of hydrogen-bond donors (Lipinski definition) is 1. The van der Waals surface area contributed by atoms with Crippen molar-refractivity contribution < 1.29 is 0 Å². The van der Waals surface area contributed by atoms with E-state index in [9.17, 15) is 0 Å². The van der Waals surface area contributed by atoms with Crippen molar-refractivity contribution in [1.29, 1.82) is 0 Å². The van der Waals surface area contributed by atoms with Crippen molar-refractivity contribution in [3.63, 3.8) is 0 Å². The van der Waals surface area contributed by atoms with Crippen LogP contribution in [0.2, 0.25) is 0 Å². The highest BCUT2D eigenvalue weighted by Gasteiger charge is 2.09. The highest BCUT2D eigenvalue weighted by atomic mass is 32.2. The molecule has 1 aromatic rings. The second kappa shape index (κ2) is 5.79. The molecule has 1 nitrogen and oxygen atoms in total. The average Bonchev–Trinajstić information content (AvgIpc) is 2.52. The Morgan fingerprint density at radius 3 is 2.71 bits per heavy atom. The van der Waals surface area contributed by atoms with Crippen molar-refractivity contribution in [2.24, 2.45) is 5.73 Å². The van der Waals surface area contributed by atoms with Crippen molar-refractivity contribution in [2.75, 3.05) is 0 Å². The van der Waals surface area contributed by atoms with Crippen LogP contribution in [0.15, 0.2) is 16.3 Å². The molecule has 1 atom stereocenters. The van der Waals surface area contributed by atoms with Gasteiger partial charge in [-0.25, -0.2) is 0 Å². The molecule has 3 heteroatoms. The van der Waals surface area contributed by atoms with Crippen molar-refractivity contribution in [2.45, 2.75) is 49.1 Å². The topological polar surface area (TPSA) is 26.0 Å². The van der Waals surface area contributed by atoms with E-state index < -0.39 is 0 Å². The summed E-state index contributed by atoms with van der Waals surface area (Å²) in [6, 6.07) is 4.61. The summed E-state index contributed by atoms with van der Waals surface area (Å²) in [5.41, 5.74) is 6.05. The molecule has 1 unspecified atom stereocenters. The molecule has 80 valence electrons. The fraction of sp³-hybridized carbons (Fsp3) is 0.636. The largest absolute Gasteiger partial charge is 0.323 e. The van der Waals surface area contributed by atoms with Gasteiger partial charge in [-0.05, 0) is 18.6 Å². The Labute approximate surface area is 95.1 Å². The predicted octanol–water partition coefficient (Wildman–Crippen LogP) is 4.05. The van der Waals surface area contributed by atoms with E-state index >= 15 is 0 Å². The summed E-state index contributed by atoms with van der Waals surface area (Å²) in [5.74, 6) is 0. The van der Waals surface area contributed by atoms with Gasteiger partial charge >= 0.3 is 0 Å². The van der Waals surface area contributed by atoms with Gasteiger partial charge in [0.05, 0.1) is 4.21 Å². The molecule has 1 heterocycles. The first-order valence-electron chi connectivity index (χ1n) is 5.15. The molecule has 0 bridgehead atoms. The molecule has 0 saturated carbocycles. The Bertz CT molecular complexity index is 268. The van der Waals surface area contributed by atoms with E-state index in [4.69, 9.17) is 5.73 Å². The van der Waals surface area contributed by atoms with Crippen LogP contribution in [0.25, 0.3) is 0 Å². The van der Waals surface area contributed by atoms with Gasteiger partial charge in [-0.15, -0.1) is 23.1 Å². The Morgan fingerprint density at radius 2 is 2.14 bits per heavy atom. The van der Waals surface area contributed by atoms with E-state index in [1.54, 1.807) is 0 Å². The lowest BCUT2D eigenvalue weighted by Gasteiger charge is -2.06. The van der Waals surface area contributed by atoms with E-state index in [-0.39, 0.29) is 6.04 Å². The van der Waals surface area contributed by atoms with E-state index in [1.165, 1.54) is 9.09 Å². The lowest BCUT2D eigenvalue weighted by atomic mass is 10.1. The number of thioether (sulfide) groups is 1. The second-order valence-electron chi connectivity index (χ2n) is 3.72. The van der Waals surface area contributed by atoms with Gasteiger partial charge in [0.15, 0.2) is 0 Å². The van der Waals surface area contributed by atoms with Crippen LogP contribution in [-0.4, -0.2) is 5.25 Å². The van der Waals surface area contributed by atoms with Crippen LogP contribution < -0.4 is 5.73 Å². The molecule has 14 heavy (non-hydrogen) atoms. The van der Waals surface area contributed by atoms with Crippen LogP contribution in [-0.2, 0) is 0 Å². The first-order chi connectivity index (χ1) is 6.63. The minimum Gasteiger partial charge on any atom is -0.323 e. The SMILES string of the molecule is CCCC(N)c1ccc(SC(C)C)s1. The van der Waals surface area contributed by atoms with E-state index in [2.05, 4.69) is 32.9 Å². The molecule has 0 aromatic carbocycles. The monoisotopic (exact) mass is 229 g/mol. The van der Waals surface area contributed by atoms with Crippen molar-refractivity contribution in [3.8, 4) is 0 Å². The highest BCUT2D eigenvalue weighted by molar-refractivity contribution is 8.01. The summed E-state index contributed by atoms with van der Waals surface area (Å²) < 4.78 is 1.39. The quantitative estimate of drug-likeness (QED) is 0.771. The maximum Gasteiger partial charge on any atom is 0.0604 e. The molecule has 0 saturated heterocycles. The summed E-state index contributed by atoms with van der Waals surface area (Å²) in [6.07, 6.45) is 2.25. The zero-order valence-electron chi connectivity index (χ0n) is 9.12. The average molecular weight is 229 g/mol. The fourth-order valence-corrected chi connectivity index (χ4v) is 3.73. The third kappa shape index (κ3) is 3.64. The number of nitrogens with two attached hydrogens (primary N) is 1. The Morgan fingerprint density at radius 1 is 1.43 bits per heavy atom. The Hall–Kier alpha value is 0.01000. The molecular weight excluding hydrogens is 210 g/mol. The van der Waals surface area contributed by atoms with E-state index in [1.807, 2.05) is 23.1 Å². The summed E-state index contributed by atoms with van der Waals surface area (Å²) in [6.45, 7) is 6.61. The van der Waals surface area contributed by atoms with Crippen LogP contribution >= 0.6 is 23.1 Å². The van der Waals surface area contributed by atoms with Crippen LogP contribution in [0.5, 0.6) is 0 Å². The first kappa shape index (κ1) is 12.1. The van der Waals surface area contributed by atoms with Crippen LogP contribution in [0.3, 0.4) is 0 Å². The van der Waals surface area contributed by atoms with Crippen molar-refractivity contribution in [1.82, 2.24) is 0 Å². The summed E-state index contributed by atoms with van der Waals surface area (Å²) >= 11 is 3.76. The van der Waals surface area contributed by atoms with Crippen LogP contribution in [0.1, 0.15) is 44.5 Å². The first-order valence-corrected chi connectivity index (χ1v) is 6.85. The van der Waals surface area contributed by atoms with Gasteiger partial charge in [-0.2, -0.15) is 0 Å². The molecule has 0 fully saturated rings. The Kier molecular flexibility index (Phi) is 4.99. The van der Waals surface area contributed by atoms with Gasteiger partial charge in [0.1, 0.15) is 0 Å². The molecule has 0 aliphatic carbocycles.